The van der Waals surface area contributed by atoms with Gasteiger partial charge >= 0.3 is 0 Å². The van der Waals surface area contributed by atoms with Gasteiger partial charge in [0.25, 0.3) is 5.91 Å². The molecule has 1 unspecified atom stereocenters. The number of benzene rings is 3. The Morgan fingerprint density at radius 1 is 1.07 bits per heavy atom. The Morgan fingerprint density at radius 3 is 2.50 bits per heavy atom. The summed E-state index contributed by atoms with van der Waals surface area (Å²) >= 11 is 0. The molecule has 0 aromatic heterocycles. The lowest BCUT2D eigenvalue weighted by molar-refractivity contribution is -0.916. The van der Waals surface area contributed by atoms with Crippen LogP contribution in [0.3, 0.4) is 0 Å². The van der Waals surface area contributed by atoms with Crippen LogP contribution in [0.1, 0.15) is 30.0 Å². The summed E-state index contributed by atoms with van der Waals surface area (Å²) in [5, 5.41) is 5.53. The fourth-order valence-corrected chi connectivity index (χ4v) is 3.75. The molecule has 0 heterocycles. The van der Waals surface area contributed by atoms with Crippen LogP contribution >= 0.6 is 0 Å². The number of quaternary nitrogens is 1. The van der Waals surface area contributed by atoms with E-state index in [0.29, 0.717) is 6.04 Å². The summed E-state index contributed by atoms with van der Waals surface area (Å²) in [5.41, 5.74) is 2.28. The molecule has 1 fully saturated rings. The normalized spacial score (nSPS) is 15.8. The number of fused-ring (bicyclic) bond motifs is 1. The van der Waals surface area contributed by atoms with Gasteiger partial charge in [0, 0.05) is 17.2 Å². The second-order valence-corrected chi connectivity index (χ2v) is 7.70. The maximum absolute atomic E-state index is 13.0. The zero-order valence-electron chi connectivity index (χ0n) is 16.4. The number of carbonyl (C=O) groups is 1. The lowest BCUT2D eigenvalue weighted by Gasteiger charge is -2.25. The molecule has 4 nitrogen and oxygen atoms in total. The fraction of sp³-hybridized carbons (Fsp3) is 0.292. The van der Waals surface area contributed by atoms with Crippen molar-refractivity contribution in [1.82, 2.24) is 5.32 Å². The van der Waals surface area contributed by atoms with Crippen LogP contribution in [0.25, 0.3) is 10.8 Å². The summed E-state index contributed by atoms with van der Waals surface area (Å²) in [7, 11) is 3.78. The Kier molecular flexibility index (Phi) is 5.31. The zero-order valence-corrected chi connectivity index (χ0v) is 16.4. The van der Waals surface area contributed by atoms with Crippen LogP contribution in [0, 0.1) is 0 Å². The van der Waals surface area contributed by atoms with Gasteiger partial charge in [-0.1, -0.05) is 48.5 Å². The average Bonchev–Trinajstić information content (AvgIpc) is 3.52. The van der Waals surface area contributed by atoms with Gasteiger partial charge in [-0.3, -0.25) is 4.79 Å². The van der Waals surface area contributed by atoms with Gasteiger partial charge in [0.15, 0.2) is 6.04 Å². The summed E-state index contributed by atoms with van der Waals surface area (Å²) in [5.74, 6) is 0.987. The van der Waals surface area contributed by atoms with Crippen molar-refractivity contribution in [1.29, 1.82) is 0 Å². The first-order valence-corrected chi connectivity index (χ1v) is 9.88. The van der Waals surface area contributed by atoms with Crippen molar-refractivity contribution < 1.29 is 14.4 Å². The van der Waals surface area contributed by atoms with Crippen LogP contribution in [0.5, 0.6) is 5.75 Å². The van der Waals surface area contributed by atoms with E-state index in [0.717, 1.165) is 41.0 Å². The maximum atomic E-state index is 13.0. The number of ether oxygens (including phenoxy) is 1. The third-order valence-electron chi connectivity index (χ3n) is 5.41. The molecule has 144 valence electrons. The quantitative estimate of drug-likeness (QED) is 0.667. The third kappa shape index (κ3) is 4.18. The SMILES string of the molecule is COc1ccc2cc(C[NH+](C)[C@@H](C(=O)NC3CC3)c3ccccc3)ccc2c1. The number of rotatable bonds is 7. The summed E-state index contributed by atoms with van der Waals surface area (Å²) in [4.78, 5) is 14.1. The van der Waals surface area contributed by atoms with Gasteiger partial charge in [0.2, 0.25) is 0 Å². The number of methoxy groups -OCH3 is 1. The molecule has 0 spiro atoms. The molecule has 1 aliphatic rings. The van der Waals surface area contributed by atoms with E-state index >= 15 is 0 Å². The van der Waals surface area contributed by atoms with Crippen molar-refractivity contribution in [3.05, 3.63) is 77.9 Å². The van der Waals surface area contributed by atoms with Gasteiger partial charge in [-0.05, 0) is 41.8 Å². The number of likely N-dealkylation sites (N-methyl/N-ethyl adjacent to an activating group) is 1. The second kappa shape index (κ2) is 8.03. The standard InChI is InChI=1S/C24H26N2O2/c1-26(16-17-8-9-20-15-22(28-2)13-10-19(20)14-17)23(18-6-4-3-5-7-18)24(27)25-21-11-12-21/h3-10,13-15,21,23H,11-12,16H2,1-2H3,(H,25,27)/p+1/t23-/m1/s1. The largest absolute Gasteiger partial charge is 0.497 e. The van der Waals surface area contributed by atoms with Crippen LogP contribution in [-0.4, -0.2) is 26.1 Å². The minimum atomic E-state index is -0.214. The van der Waals surface area contributed by atoms with Crippen molar-refractivity contribution in [2.75, 3.05) is 14.2 Å². The Hall–Kier alpha value is -2.85. The van der Waals surface area contributed by atoms with Crippen LogP contribution in [0.4, 0.5) is 0 Å². The molecule has 3 aromatic rings. The Morgan fingerprint density at radius 2 is 1.79 bits per heavy atom. The number of hydrogen-bond donors (Lipinski definition) is 2. The first kappa shape index (κ1) is 18.5. The molecule has 28 heavy (non-hydrogen) atoms. The molecule has 4 heteroatoms. The highest BCUT2D eigenvalue weighted by atomic mass is 16.5. The van der Waals surface area contributed by atoms with Gasteiger partial charge in [0.05, 0.1) is 14.2 Å². The summed E-state index contributed by atoms with van der Waals surface area (Å²) < 4.78 is 5.31. The van der Waals surface area contributed by atoms with E-state index < -0.39 is 0 Å². The Balaban J connectivity index is 1.57. The Labute approximate surface area is 166 Å². The minimum Gasteiger partial charge on any atom is -0.497 e. The number of amides is 1. The van der Waals surface area contributed by atoms with E-state index in [2.05, 4.69) is 36.6 Å². The first-order valence-electron chi connectivity index (χ1n) is 9.88. The predicted molar refractivity (Wildman–Crippen MR) is 111 cm³/mol. The Bertz CT molecular complexity index is 967. The van der Waals surface area contributed by atoms with Crippen LogP contribution in [-0.2, 0) is 11.3 Å². The topological polar surface area (TPSA) is 42.8 Å². The molecular formula is C24H27N2O2+. The van der Waals surface area contributed by atoms with Crippen molar-refractivity contribution >= 4 is 16.7 Å². The van der Waals surface area contributed by atoms with E-state index in [1.165, 1.54) is 10.9 Å². The van der Waals surface area contributed by atoms with Gasteiger partial charge in [-0.15, -0.1) is 0 Å². The van der Waals surface area contributed by atoms with Gasteiger partial charge in [0.1, 0.15) is 12.3 Å². The molecule has 0 bridgehead atoms. The minimum absolute atomic E-state index is 0.122. The van der Waals surface area contributed by atoms with Crippen LogP contribution in [0.2, 0.25) is 0 Å². The van der Waals surface area contributed by atoms with E-state index in [1.54, 1.807) is 7.11 Å². The molecule has 0 saturated heterocycles. The highest BCUT2D eigenvalue weighted by Crippen LogP contribution is 2.22. The number of carbonyl (C=O) groups excluding carboxylic acids is 1. The first-order chi connectivity index (χ1) is 13.6. The molecule has 1 amide bonds. The van der Waals surface area contributed by atoms with Crippen LogP contribution < -0.4 is 15.0 Å². The lowest BCUT2D eigenvalue weighted by atomic mass is 10.0. The smallest absolute Gasteiger partial charge is 0.283 e. The highest BCUT2D eigenvalue weighted by Gasteiger charge is 2.33. The van der Waals surface area contributed by atoms with E-state index in [9.17, 15) is 4.79 Å². The summed E-state index contributed by atoms with van der Waals surface area (Å²) in [6, 6.07) is 22.8. The van der Waals surface area contributed by atoms with Gasteiger partial charge in [-0.25, -0.2) is 0 Å². The fourth-order valence-electron chi connectivity index (χ4n) is 3.75. The monoisotopic (exact) mass is 375 g/mol. The summed E-state index contributed by atoms with van der Waals surface area (Å²) in [6.45, 7) is 0.777. The van der Waals surface area contributed by atoms with Gasteiger partial charge < -0.3 is 15.0 Å². The number of nitrogens with one attached hydrogen (secondary N) is 2. The van der Waals surface area contributed by atoms with Crippen LogP contribution in [0.15, 0.2) is 66.7 Å². The van der Waals surface area contributed by atoms with Crippen molar-refractivity contribution in [3.63, 3.8) is 0 Å². The second-order valence-electron chi connectivity index (χ2n) is 7.70. The van der Waals surface area contributed by atoms with Crippen molar-refractivity contribution in [3.8, 4) is 5.75 Å². The average molecular weight is 375 g/mol. The molecule has 0 radical (unpaired) electrons. The van der Waals surface area contributed by atoms with E-state index in [1.807, 2.05) is 42.5 Å². The zero-order chi connectivity index (χ0) is 19.5. The molecule has 4 rings (SSSR count). The molecule has 2 atom stereocenters. The molecule has 1 saturated carbocycles. The van der Waals surface area contributed by atoms with Gasteiger partial charge in [-0.2, -0.15) is 0 Å². The lowest BCUT2D eigenvalue weighted by Crippen LogP contribution is -3.09. The van der Waals surface area contributed by atoms with E-state index in [-0.39, 0.29) is 11.9 Å². The maximum Gasteiger partial charge on any atom is 0.283 e. The third-order valence-corrected chi connectivity index (χ3v) is 5.41. The van der Waals surface area contributed by atoms with Crippen molar-refractivity contribution in [2.45, 2.75) is 31.5 Å². The molecule has 2 N–H and O–H groups in total. The molecule has 1 aliphatic carbocycles. The molecule has 3 aromatic carbocycles. The summed E-state index contributed by atoms with van der Waals surface area (Å²) in [6.07, 6.45) is 2.20. The predicted octanol–water partition coefficient (Wildman–Crippen LogP) is 2.88. The molecule has 0 aliphatic heterocycles. The van der Waals surface area contributed by atoms with Crippen molar-refractivity contribution in [2.24, 2.45) is 0 Å². The van der Waals surface area contributed by atoms with E-state index in [4.69, 9.17) is 4.74 Å². The highest BCUT2D eigenvalue weighted by molar-refractivity contribution is 5.84. The number of hydrogen-bond acceptors (Lipinski definition) is 2. The molecular weight excluding hydrogens is 348 g/mol.